The highest BCUT2D eigenvalue weighted by Crippen LogP contribution is 2.60. The largest absolute Gasteiger partial charge is 0.480 e. The van der Waals surface area contributed by atoms with Crippen molar-refractivity contribution in [1.29, 1.82) is 0 Å². The van der Waals surface area contributed by atoms with Gasteiger partial charge in [-0.2, -0.15) is 0 Å². The highest BCUT2D eigenvalue weighted by Gasteiger charge is 2.59. The topological polar surface area (TPSA) is 49.3 Å². The van der Waals surface area contributed by atoms with Crippen molar-refractivity contribution in [2.24, 2.45) is 17.3 Å². The van der Waals surface area contributed by atoms with Crippen molar-refractivity contribution >= 4 is 5.97 Å². The highest BCUT2D eigenvalue weighted by molar-refractivity contribution is 5.74. The standard InChI is InChI=1S/C10H17NO2/c1-6(2)7-3-10(7)4-8(9(12)13)11-5-10/h6-8,11H,3-5H2,1-2H3,(H,12,13)/t7-,8+,10?/m1/s1. The first-order valence-corrected chi connectivity index (χ1v) is 5.01. The molecule has 3 nitrogen and oxygen atoms in total. The molecule has 13 heavy (non-hydrogen) atoms. The van der Waals surface area contributed by atoms with E-state index in [4.69, 9.17) is 5.11 Å². The van der Waals surface area contributed by atoms with Crippen molar-refractivity contribution in [2.45, 2.75) is 32.7 Å². The van der Waals surface area contributed by atoms with Gasteiger partial charge in [0.15, 0.2) is 0 Å². The number of nitrogens with one attached hydrogen (secondary N) is 1. The number of aliphatic carboxylic acids is 1. The van der Waals surface area contributed by atoms with Gasteiger partial charge in [-0.15, -0.1) is 0 Å². The molecule has 1 saturated heterocycles. The zero-order valence-electron chi connectivity index (χ0n) is 8.21. The second kappa shape index (κ2) is 2.71. The van der Waals surface area contributed by atoms with E-state index in [9.17, 15) is 4.79 Å². The lowest BCUT2D eigenvalue weighted by Gasteiger charge is -2.09. The van der Waals surface area contributed by atoms with Crippen LogP contribution in [0.3, 0.4) is 0 Å². The fraction of sp³-hybridized carbons (Fsp3) is 0.900. The highest BCUT2D eigenvalue weighted by atomic mass is 16.4. The summed E-state index contributed by atoms with van der Waals surface area (Å²) in [4.78, 5) is 10.7. The predicted molar refractivity (Wildman–Crippen MR) is 49.4 cm³/mol. The lowest BCUT2D eigenvalue weighted by atomic mass is 9.94. The average molecular weight is 183 g/mol. The third-order valence-electron chi connectivity index (χ3n) is 3.67. The smallest absolute Gasteiger partial charge is 0.320 e. The van der Waals surface area contributed by atoms with Crippen molar-refractivity contribution in [1.82, 2.24) is 5.32 Å². The minimum Gasteiger partial charge on any atom is -0.480 e. The molecule has 1 unspecified atom stereocenters. The number of carbonyl (C=O) groups is 1. The quantitative estimate of drug-likeness (QED) is 0.674. The van der Waals surface area contributed by atoms with E-state index < -0.39 is 5.97 Å². The molecule has 1 aliphatic heterocycles. The first-order valence-electron chi connectivity index (χ1n) is 5.01. The maximum Gasteiger partial charge on any atom is 0.320 e. The van der Waals surface area contributed by atoms with Crippen LogP contribution in [0.1, 0.15) is 26.7 Å². The van der Waals surface area contributed by atoms with Crippen LogP contribution >= 0.6 is 0 Å². The first kappa shape index (κ1) is 9.00. The fourth-order valence-electron chi connectivity index (χ4n) is 2.81. The molecule has 3 heteroatoms. The van der Waals surface area contributed by atoms with E-state index in [2.05, 4.69) is 19.2 Å². The van der Waals surface area contributed by atoms with E-state index in [0.29, 0.717) is 11.3 Å². The Bertz CT molecular complexity index is 239. The second-order valence-electron chi connectivity index (χ2n) is 4.89. The fourth-order valence-corrected chi connectivity index (χ4v) is 2.81. The van der Waals surface area contributed by atoms with Gasteiger partial charge >= 0.3 is 5.97 Å². The third kappa shape index (κ3) is 1.35. The molecule has 0 amide bonds. The van der Waals surface area contributed by atoms with Gasteiger partial charge in [0.25, 0.3) is 0 Å². The van der Waals surface area contributed by atoms with Gasteiger partial charge in [-0.3, -0.25) is 4.79 Å². The summed E-state index contributed by atoms with van der Waals surface area (Å²) < 4.78 is 0. The van der Waals surface area contributed by atoms with Gasteiger partial charge in [0, 0.05) is 6.54 Å². The van der Waals surface area contributed by atoms with Crippen LogP contribution < -0.4 is 5.32 Å². The van der Waals surface area contributed by atoms with Crippen LogP contribution in [0.4, 0.5) is 0 Å². The maximum atomic E-state index is 10.7. The van der Waals surface area contributed by atoms with E-state index >= 15 is 0 Å². The molecule has 2 N–H and O–H groups in total. The van der Waals surface area contributed by atoms with E-state index in [1.54, 1.807) is 0 Å². The van der Waals surface area contributed by atoms with Crippen LogP contribution in [0.5, 0.6) is 0 Å². The monoisotopic (exact) mass is 183 g/mol. The Kier molecular flexibility index (Phi) is 1.88. The Morgan fingerprint density at radius 2 is 2.23 bits per heavy atom. The molecule has 2 aliphatic rings. The molecule has 3 atom stereocenters. The number of rotatable bonds is 2. The van der Waals surface area contributed by atoms with Gasteiger partial charge in [0.1, 0.15) is 6.04 Å². The third-order valence-corrected chi connectivity index (χ3v) is 3.67. The summed E-state index contributed by atoms with van der Waals surface area (Å²) >= 11 is 0. The molecule has 2 fully saturated rings. The van der Waals surface area contributed by atoms with Crippen molar-refractivity contribution < 1.29 is 9.90 Å². The number of hydrogen-bond donors (Lipinski definition) is 2. The van der Waals surface area contributed by atoms with E-state index in [0.717, 1.165) is 18.9 Å². The summed E-state index contributed by atoms with van der Waals surface area (Å²) in [6, 6.07) is -0.288. The minimum absolute atomic E-state index is 0.288. The molecule has 0 aromatic carbocycles. The van der Waals surface area contributed by atoms with Crippen LogP contribution in [0.25, 0.3) is 0 Å². The first-order chi connectivity index (χ1) is 6.05. The van der Waals surface area contributed by atoms with Gasteiger partial charge in [-0.1, -0.05) is 13.8 Å². The van der Waals surface area contributed by atoms with Crippen molar-refractivity contribution in [2.75, 3.05) is 6.54 Å². The Labute approximate surface area is 78.5 Å². The molecule has 1 aliphatic carbocycles. The molecule has 0 bridgehead atoms. The summed E-state index contributed by atoms with van der Waals surface area (Å²) in [6.07, 6.45) is 2.06. The van der Waals surface area contributed by atoms with Gasteiger partial charge in [-0.05, 0) is 30.1 Å². The molecule has 1 spiro atoms. The Morgan fingerprint density at radius 3 is 2.62 bits per heavy atom. The molecule has 0 aromatic rings. The summed E-state index contributed by atoms with van der Waals surface area (Å²) in [5, 5.41) is 11.9. The van der Waals surface area contributed by atoms with Gasteiger partial charge < -0.3 is 10.4 Å². The predicted octanol–water partition coefficient (Wildman–Crippen LogP) is 1.10. The normalized spacial score (nSPS) is 43.0. The minimum atomic E-state index is -0.689. The van der Waals surface area contributed by atoms with Crippen molar-refractivity contribution in [3.63, 3.8) is 0 Å². The lowest BCUT2D eigenvalue weighted by molar-refractivity contribution is -0.139. The SMILES string of the molecule is CC(C)[C@H]1CC12CN[C@H](C(=O)O)C2. The number of hydrogen-bond acceptors (Lipinski definition) is 2. The molecule has 0 radical (unpaired) electrons. The molecule has 0 aromatic heterocycles. The van der Waals surface area contributed by atoms with Crippen molar-refractivity contribution in [3.8, 4) is 0 Å². The summed E-state index contributed by atoms with van der Waals surface area (Å²) in [7, 11) is 0. The molecule has 2 rings (SSSR count). The van der Waals surface area contributed by atoms with Gasteiger partial charge in [0.2, 0.25) is 0 Å². The van der Waals surface area contributed by atoms with E-state index in [-0.39, 0.29) is 6.04 Å². The summed E-state index contributed by atoms with van der Waals surface area (Å²) in [5.41, 5.74) is 0.344. The zero-order valence-corrected chi connectivity index (χ0v) is 8.21. The summed E-state index contributed by atoms with van der Waals surface area (Å²) in [5.74, 6) is 0.768. The lowest BCUT2D eigenvalue weighted by Crippen LogP contribution is -2.29. The number of carboxylic acid groups (broad SMARTS) is 1. The molecule has 74 valence electrons. The van der Waals surface area contributed by atoms with Crippen LogP contribution in [-0.4, -0.2) is 23.7 Å². The summed E-state index contributed by atoms with van der Waals surface area (Å²) in [6.45, 7) is 5.37. The molecule has 1 saturated carbocycles. The Hall–Kier alpha value is -0.570. The van der Waals surface area contributed by atoms with E-state index in [1.165, 1.54) is 6.42 Å². The maximum absolute atomic E-state index is 10.7. The van der Waals surface area contributed by atoms with E-state index in [1.807, 2.05) is 0 Å². The van der Waals surface area contributed by atoms with Crippen LogP contribution in [-0.2, 0) is 4.79 Å². The molecule has 1 heterocycles. The average Bonchev–Trinajstić information content (AvgIpc) is 2.52. The van der Waals surface area contributed by atoms with Crippen LogP contribution in [0, 0.1) is 17.3 Å². The van der Waals surface area contributed by atoms with Gasteiger partial charge in [0.05, 0.1) is 0 Å². The van der Waals surface area contributed by atoms with Crippen LogP contribution in [0.15, 0.2) is 0 Å². The molecular weight excluding hydrogens is 166 g/mol. The number of carboxylic acids is 1. The van der Waals surface area contributed by atoms with Crippen LogP contribution in [0.2, 0.25) is 0 Å². The van der Waals surface area contributed by atoms with Crippen molar-refractivity contribution in [3.05, 3.63) is 0 Å². The van der Waals surface area contributed by atoms with Gasteiger partial charge in [-0.25, -0.2) is 0 Å². The Balaban J connectivity index is 1.97. The Morgan fingerprint density at radius 1 is 1.54 bits per heavy atom. The molecular formula is C10H17NO2. The second-order valence-corrected chi connectivity index (χ2v) is 4.89. The zero-order chi connectivity index (χ0) is 9.64.